The maximum absolute atomic E-state index is 12.4. The molecule has 1 aromatic carbocycles. The number of carbonyl (C=O) groups excluding carboxylic acids is 2. The van der Waals surface area contributed by atoms with Gasteiger partial charge in [-0.1, -0.05) is 12.1 Å². The second-order valence-corrected chi connectivity index (χ2v) is 8.38. The van der Waals surface area contributed by atoms with Crippen molar-refractivity contribution in [2.24, 2.45) is 5.92 Å². The van der Waals surface area contributed by atoms with Crippen molar-refractivity contribution in [3.05, 3.63) is 29.8 Å². The van der Waals surface area contributed by atoms with Gasteiger partial charge >= 0.3 is 0 Å². The molecule has 2 saturated heterocycles. The van der Waals surface area contributed by atoms with Gasteiger partial charge in [0.25, 0.3) is 0 Å². The Hall–Kier alpha value is -2.40. The van der Waals surface area contributed by atoms with Crippen LogP contribution in [0.5, 0.6) is 0 Å². The predicted octanol–water partition coefficient (Wildman–Crippen LogP) is 0.532. The van der Waals surface area contributed by atoms with Gasteiger partial charge in [0.2, 0.25) is 11.8 Å². The quantitative estimate of drug-likeness (QED) is 0.858. The lowest BCUT2D eigenvalue weighted by Crippen LogP contribution is -2.38. The number of hydrogen-bond acceptors (Lipinski definition) is 5. The topological polar surface area (TPSA) is 107 Å². The van der Waals surface area contributed by atoms with Crippen molar-refractivity contribution >= 4 is 27.3 Å². The molecule has 0 radical (unpaired) electrons. The predicted molar refractivity (Wildman–Crippen MR) is 86.7 cm³/mol. The van der Waals surface area contributed by atoms with Crippen LogP contribution in [0, 0.1) is 17.2 Å². The van der Waals surface area contributed by atoms with Crippen LogP contribution in [0.3, 0.4) is 0 Å². The lowest BCUT2D eigenvalue weighted by molar-refractivity contribution is -0.129. The van der Waals surface area contributed by atoms with Gasteiger partial charge < -0.3 is 10.2 Å². The van der Waals surface area contributed by atoms with Gasteiger partial charge in [0.1, 0.15) is 6.07 Å². The third kappa shape index (κ3) is 3.26. The fraction of sp³-hybridized carbons (Fsp3) is 0.438. The van der Waals surface area contributed by atoms with Crippen molar-refractivity contribution in [1.29, 1.82) is 5.26 Å². The van der Waals surface area contributed by atoms with Crippen LogP contribution in [0.25, 0.3) is 0 Å². The minimum atomic E-state index is -3.08. The number of amides is 2. The lowest BCUT2D eigenvalue weighted by atomic mass is 10.1. The average Bonchev–Trinajstić information content (AvgIpc) is 3.10. The third-order valence-corrected chi connectivity index (χ3v) is 6.23. The van der Waals surface area contributed by atoms with Crippen LogP contribution < -0.4 is 5.32 Å². The van der Waals surface area contributed by atoms with Crippen LogP contribution in [0.15, 0.2) is 24.3 Å². The molecule has 2 amide bonds. The van der Waals surface area contributed by atoms with Gasteiger partial charge in [-0.3, -0.25) is 9.59 Å². The summed E-state index contributed by atoms with van der Waals surface area (Å²) in [6.45, 7) is 0.222. The van der Waals surface area contributed by atoms with E-state index in [4.69, 9.17) is 5.26 Å². The highest BCUT2D eigenvalue weighted by Gasteiger charge is 2.41. The van der Waals surface area contributed by atoms with Gasteiger partial charge in [0.15, 0.2) is 9.84 Å². The Kier molecular flexibility index (Phi) is 4.28. The number of nitrogens with zero attached hydrogens (tertiary/aromatic N) is 2. The van der Waals surface area contributed by atoms with Crippen LogP contribution in [-0.2, 0) is 19.4 Å². The number of carbonyl (C=O) groups is 2. The van der Waals surface area contributed by atoms with Crippen molar-refractivity contribution in [3.8, 4) is 6.07 Å². The standard InChI is InChI=1S/C16H17N3O4S/c17-8-11-3-1-2-4-14(11)18-16(21)12-7-15(20)19(9-12)13-5-6-24(22,23)10-13/h1-4,12-13H,5-7,9-10H2,(H,18,21). The first-order chi connectivity index (χ1) is 11.4. The first-order valence-corrected chi connectivity index (χ1v) is 9.51. The first-order valence-electron chi connectivity index (χ1n) is 7.69. The van der Waals surface area contributed by atoms with Crippen molar-refractivity contribution in [1.82, 2.24) is 4.90 Å². The number of nitrogens with one attached hydrogen (secondary N) is 1. The fourth-order valence-electron chi connectivity index (χ4n) is 3.21. The fourth-order valence-corrected chi connectivity index (χ4v) is 4.94. The molecule has 0 aromatic heterocycles. The summed E-state index contributed by atoms with van der Waals surface area (Å²) < 4.78 is 23.2. The molecular weight excluding hydrogens is 330 g/mol. The van der Waals surface area contributed by atoms with Gasteiger partial charge in [-0.2, -0.15) is 5.26 Å². The number of rotatable bonds is 3. The summed E-state index contributed by atoms with van der Waals surface area (Å²) in [5, 5.41) is 11.7. The van der Waals surface area contributed by atoms with E-state index < -0.39 is 15.8 Å². The van der Waals surface area contributed by atoms with Crippen molar-refractivity contribution in [2.45, 2.75) is 18.9 Å². The molecule has 7 nitrogen and oxygen atoms in total. The molecule has 2 aliphatic rings. The molecule has 2 fully saturated rings. The van der Waals surface area contributed by atoms with E-state index in [1.165, 1.54) is 4.90 Å². The van der Waals surface area contributed by atoms with Crippen molar-refractivity contribution in [3.63, 3.8) is 0 Å². The molecule has 2 unspecified atom stereocenters. The maximum atomic E-state index is 12.4. The lowest BCUT2D eigenvalue weighted by Gasteiger charge is -2.23. The Bertz CT molecular complexity index is 828. The van der Waals surface area contributed by atoms with E-state index in [1.54, 1.807) is 24.3 Å². The normalized spacial score (nSPS) is 25.5. The zero-order chi connectivity index (χ0) is 17.3. The van der Waals surface area contributed by atoms with Crippen LogP contribution in [0.4, 0.5) is 5.69 Å². The van der Waals surface area contributed by atoms with Crippen molar-refractivity contribution in [2.75, 3.05) is 23.4 Å². The highest BCUT2D eigenvalue weighted by molar-refractivity contribution is 7.91. The molecule has 1 aromatic rings. The Labute approximate surface area is 140 Å². The van der Waals surface area contributed by atoms with E-state index in [-0.39, 0.29) is 42.3 Å². The Balaban J connectivity index is 1.67. The van der Waals surface area contributed by atoms with E-state index in [2.05, 4.69) is 5.32 Å². The molecule has 24 heavy (non-hydrogen) atoms. The number of sulfone groups is 1. The molecule has 2 atom stereocenters. The highest BCUT2D eigenvalue weighted by atomic mass is 32.2. The minimum Gasteiger partial charge on any atom is -0.338 e. The Morgan fingerprint density at radius 2 is 2.08 bits per heavy atom. The molecule has 0 aliphatic carbocycles. The highest BCUT2D eigenvalue weighted by Crippen LogP contribution is 2.27. The molecule has 8 heteroatoms. The van der Waals surface area contributed by atoms with E-state index >= 15 is 0 Å². The van der Waals surface area contributed by atoms with Gasteiger partial charge in [0.05, 0.1) is 28.7 Å². The molecule has 2 aliphatic heterocycles. The summed E-state index contributed by atoms with van der Waals surface area (Å²) in [7, 11) is -3.08. The number of para-hydroxylation sites is 1. The molecule has 126 valence electrons. The minimum absolute atomic E-state index is 0.0235. The van der Waals surface area contributed by atoms with E-state index in [1.807, 2.05) is 6.07 Å². The number of hydrogen-bond donors (Lipinski definition) is 1. The number of benzene rings is 1. The molecule has 0 spiro atoms. The molecule has 1 N–H and O–H groups in total. The number of likely N-dealkylation sites (tertiary alicyclic amines) is 1. The summed E-state index contributed by atoms with van der Waals surface area (Å²) in [6, 6.07) is 8.33. The molecule has 2 heterocycles. The van der Waals surface area contributed by atoms with Crippen LogP contribution >= 0.6 is 0 Å². The zero-order valence-corrected chi connectivity index (χ0v) is 13.8. The smallest absolute Gasteiger partial charge is 0.229 e. The molecule has 0 bridgehead atoms. The Morgan fingerprint density at radius 1 is 1.33 bits per heavy atom. The molecule has 0 saturated carbocycles. The second-order valence-electron chi connectivity index (χ2n) is 6.15. The first kappa shape index (κ1) is 16.5. The third-order valence-electron chi connectivity index (χ3n) is 4.48. The molecular formula is C16H17N3O4S. The van der Waals surface area contributed by atoms with Gasteiger partial charge in [0, 0.05) is 19.0 Å². The summed E-state index contributed by atoms with van der Waals surface area (Å²) >= 11 is 0. The van der Waals surface area contributed by atoms with Crippen LogP contribution in [0.2, 0.25) is 0 Å². The Morgan fingerprint density at radius 3 is 2.75 bits per heavy atom. The summed E-state index contributed by atoms with van der Waals surface area (Å²) in [4.78, 5) is 26.1. The van der Waals surface area contributed by atoms with E-state index in [0.29, 0.717) is 17.7 Å². The van der Waals surface area contributed by atoms with Crippen LogP contribution in [0.1, 0.15) is 18.4 Å². The molecule has 3 rings (SSSR count). The van der Waals surface area contributed by atoms with Gasteiger partial charge in [-0.25, -0.2) is 8.42 Å². The van der Waals surface area contributed by atoms with Crippen molar-refractivity contribution < 1.29 is 18.0 Å². The zero-order valence-electron chi connectivity index (χ0n) is 12.9. The SMILES string of the molecule is N#Cc1ccccc1NC(=O)C1CC(=O)N(C2CCS(=O)(=O)C2)C1. The van der Waals surface area contributed by atoms with Gasteiger partial charge in [-0.15, -0.1) is 0 Å². The van der Waals surface area contributed by atoms with E-state index in [9.17, 15) is 18.0 Å². The summed E-state index contributed by atoms with van der Waals surface area (Å²) in [6.07, 6.45) is 0.497. The number of anilines is 1. The van der Waals surface area contributed by atoms with Gasteiger partial charge in [-0.05, 0) is 18.6 Å². The second kappa shape index (κ2) is 6.24. The maximum Gasteiger partial charge on any atom is 0.229 e. The van der Waals surface area contributed by atoms with Crippen LogP contribution in [-0.4, -0.2) is 49.2 Å². The summed E-state index contributed by atoms with van der Waals surface area (Å²) in [5.41, 5.74) is 0.772. The monoisotopic (exact) mass is 347 g/mol. The average molecular weight is 347 g/mol. The van der Waals surface area contributed by atoms with E-state index in [0.717, 1.165) is 0 Å². The summed E-state index contributed by atoms with van der Waals surface area (Å²) in [5.74, 6) is -0.981. The largest absolute Gasteiger partial charge is 0.338 e. The number of nitriles is 1.